The minimum Gasteiger partial charge on any atom is -0.502 e. The Morgan fingerprint density at radius 1 is 0.851 bits per heavy atom. The number of benzene rings is 2. The molecule has 0 radical (unpaired) electrons. The number of cyclic esters (lactones) is 1. The SMILES string of the molecule is COc1cc(C2c3cc4c(cc3C(NC(=O)NCCCCNCCCCNCCCCN)C3COC(=O)C23)OCO4)cc(OC)c1O. The van der Waals surface area contributed by atoms with Gasteiger partial charge in [-0.05, 0) is 112 Å². The summed E-state index contributed by atoms with van der Waals surface area (Å²) in [6.45, 7) is 5.45. The first-order valence-corrected chi connectivity index (χ1v) is 16.7. The van der Waals surface area contributed by atoms with Crippen molar-refractivity contribution in [2.75, 3.05) is 66.9 Å². The van der Waals surface area contributed by atoms with Crippen molar-refractivity contribution in [3.05, 3.63) is 41.0 Å². The van der Waals surface area contributed by atoms with Crippen molar-refractivity contribution in [1.82, 2.24) is 21.3 Å². The molecule has 4 atom stereocenters. The van der Waals surface area contributed by atoms with Crippen molar-refractivity contribution < 1.29 is 38.4 Å². The maximum atomic E-state index is 13.3. The highest BCUT2D eigenvalue weighted by Crippen LogP contribution is 2.55. The number of unbranched alkanes of at least 4 members (excludes halogenated alkanes) is 3. The summed E-state index contributed by atoms with van der Waals surface area (Å²) in [7, 11) is 2.92. The monoisotopic (exact) mass is 655 g/mol. The van der Waals surface area contributed by atoms with Crippen LogP contribution < -0.4 is 45.9 Å². The van der Waals surface area contributed by atoms with E-state index >= 15 is 0 Å². The third-order valence-electron chi connectivity index (χ3n) is 9.17. The Bertz CT molecular complexity index is 1350. The van der Waals surface area contributed by atoms with Gasteiger partial charge in [0, 0.05) is 18.4 Å². The molecule has 1 saturated heterocycles. The lowest BCUT2D eigenvalue weighted by molar-refractivity contribution is -0.141. The summed E-state index contributed by atoms with van der Waals surface area (Å²) < 4.78 is 27.9. The van der Waals surface area contributed by atoms with Crippen LogP contribution in [0, 0.1) is 11.8 Å². The molecule has 258 valence electrons. The molecular formula is C34H49N5O8. The Balaban J connectivity index is 1.20. The molecule has 4 unspecified atom stereocenters. The van der Waals surface area contributed by atoms with Gasteiger partial charge in [0.1, 0.15) is 0 Å². The molecule has 2 heterocycles. The van der Waals surface area contributed by atoms with E-state index in [1.54, 1.807) is 12.1 Å². The summed E-state index contributed by atoms with van der Waals surface area (Å²) >= 11 is 0. The van der Waals surface area contributed by atoms with Gasteiger partial charge in [0.2, 0.25) is 12.5 Å². The number of ether oxygens (including phenoxy) is 5. The zero-order chi connectivity index (χ0) is 33.2. The molecule has 1 aliphatic carbocycles. The zero-order valence-corrected chi connectivity index (χ0v) is 27.4. The van der Waals surface area contributed by atoms with Gasteiger partial charge in [-0.3, -0.25) is 4.79 Å². The van der Waals surface area contributed by atoms with E-state index in [1.165, 1.54) is 14.2 Å². The normalized spacial score (nSPS) is 20.7. The third kappa shape index (κ3) is 8.14. The van der Waals surface area contributed by atoms with E-state index in [1.807, 2.05) is 12.1 Å². The first kappa shape index (κ1) is 34.4. The number of rotatable bonds is 18. The predicted molar refractivity (Wildman–Crippen MR) is 175 cm³/mol. The van der Waals surface area contributed by atoms with E-state index in [2.05, 4.69) is 21.3 Å². The highest BCUT2D eigenvalue weighted by atomic mass is 16.7. The number of carbonyl (C=O) groups is 2. The third-order valence-corrected chi connectivity index (χ3v) is 9.17. The molecule has 13 nitrogen and oxygen atoms in total. The van der Waals surface area contributed by atoms with Crippen LogP contribution in [0.2, 0.25) is 0 Å². The molecule has 0 spiro atoms. The van der Waals surface area contributed by atoms with Crippen molar-refractivity contribution in [3.63, 3.8) is 0 Å². The number of phenolic OH excluding ortho intramolecular Hbond substituents is 1. The van der Waals surface area contributed by atoms with Gasteiger partial charge >= 0.3 is 12.0 Å². The van der Waals surface area contributed by atoms with Crippen LogP contribution in [0.25, 0.3) is 0 Å². The molecule has 3 aliphatic rings. The van der Waals surface area contributed by atoms with Crippen molar-refractivity contribution in [1.29, 1.82) is 0 Å². The summed E-state index contributed by atoms with van der Waals surface area (Å²) in [6.07, 6.45) is 6.24. The van der Waals surface area contributed by atoms with Gasteiger partial charge in [-0.25, -0.2) is 4.79 Å². The second-order valence-electron chi connectivity index (χ2n) is 12.2. The molecule has 2 aliphatic heterocycles. The molecule has 0 bridgehead atoms. The molecule has 47 heavy (non-hydrogen) atoms. The number of nitrogens with one attached hydrogen (secondary N) is 4. The van der Waals surface area contributed by atoms with Crippen LogP contribution in [0.1, 0.15) is 67.2 Å². The van der Waals surface area contributed by atoms with Gasteiger partial charge in [0.15, 0.2) is 23.0 Å². The van der Waals surface area contributed by atoms with E-state index in [0.717, 1.165) is 82.4 Å². The fourth-order valence-electron chi connectivity index (χ4n) is 6.75. The number of hydrogen-bond acceptors (Lipinski definition) is 11. The van der Waals surface area contributed by atoms with Crippen LogP contribution in [0.5, 0.6) is 28.7 Å². The minimum absolute atomic E-state index is 0.0823. The number of amides is 2. The molecule has 0 aromatic heterocycles. The molecule has 2 amide bonds. The van der Waals surface area contributed by atoms with Crippen LogP contribution in [-0.2, 0) is 9.53 Å². The summed E-state index contributed by atoms with van der Waals surface area (Å²) in [5, 5.41) is 23.6. The molecule has 2 aromatic rings. The van der Waals surface area contributed by atoms with E-state index < -0.39 is 17.9 Å². The highest BCUT2D eigenvalue weighted by Gasteiger charge is 2.53. The van der Waals surface area contributed by atoms with E-state index in [9.17, 15) is 14.7 Å². The number of aromatic hydroxyl groups is 1. The number of fused-ring (bicyclic) bond motifs is 3. The number of phenols is 1. The number of carbonyl (C=O) groups excluding carboxylic acids is 2. The quantitative estimate of drug-likeness (QED) is 0.103. The van der Waals surface area contributed by atoms with Gasteiger partial charge in [-0.1, -0.05) is 0 Å². The standard InChI is InChI=1S/C34H49N5O8/c1-43-27-15-21(16-28(44-2)32(27)40)29-22-17-25-26(47-20-46-25)18-23(22)31(24-19-45-33(41)30(24)29)39-34(42)38-14-8-7-13-37-12-6-5-11-36-10-4-3-9-35/h15-18,24,29-31,36-37,40H,3-14,19-20,35H2,1-2H3,(H2,38,39,42). The minimum atomic E-state index is -0.606. The topological polar surface area (TPSA) is 175 Å². The predicted octanol–water partition coefficient (Wildman–Crippen LogP) is 2.89. The van der Waals surface area contributed by atoms with Crippen molar-refractivity contribution in [2.24, 2.45) is 17.6 Å². The lowest BCUT2D eigenvalue weighted by atomic mass is 9.65. The molecule has 7 N–H and O–H groups in total. The first-order chi connectivity index (χ1) is 23.0. The maximum Gasteiger partial charge on any atom is 0.315 e. The number of methoxy groups -OCH3 is 2. The molecule has 13 heteroatoms. The lowest BCUT2D eigenvalue weighted by Crippen LogP contribution is -2.46. The Kier molecular flexibility index (Phi) is 12.3. The van der Waals surface area contributed by atoms with Crippen molar-refractivity contribution in [2.45, 2.75) is 50.5 Å². The van der Waals surface area contributed by atoms with Crippen LogP contribution >= 0.6 is 0 Å². The number of urea groups is 1. The van der Waals surface area contributed by atoms with Gasteiger partial charge < -0.3 is 55.8 Å². The second-order valence-corrected chi connectivity index (χ2v) is 12.2. The van der Waals surface area contributed by atoms with E-state index in [-0.39, 0.29) is 48.6 Å². The summed E-state index contributed by atoms with van der Waals surface area (Å²) in [6, 6.07) is 6.35. The lowest BCUT2D eigenvalue weighted by Gasteiger charge is -2.39. The van der Waals surface area contributed by atoms with Gasteiger partial charge in [-0.2, -0.15) is 0 Å². The van der Waals surface area contributed by atoms with E-state index in [0.29, 0.717) is 23.6 Å². The number of hydrogen-bond donors (Lipinski definition) is 6. The Hall–Kier alpha value is -3.94. The molecule has 0 saturated carbocycles. The Morgan fingerprint density at radius 3 is 2.02 bits per heavy atom. The Morgan fingerprint density at radius 2 is 1.43 bits per heavy atom. The zero-order valence-electron chi connectivity index (χ0n) is 27.4. The average Bonchev–Trinajstić information content (AvgIpc) is 3.70. The molecule has 1 fully saturated rings. The fraction of sp³-hybridized carbons (Fsp3) is 0.588. The van der Waals surface area contributed by atoms with Crippen LogP contribution in [-0.4, -0.2) is 84.0 Å². The number of nitrogens with two attached hydrogens (primary N) is 1. The van der Waals surface area contributed by atoms with Gasteiger partial charge in [0.05, 0.1) is 32.8 Å². The van der Waals surface area contributed by atoms with Crippen LogP contribution in [0.3, 0.4) is 0 Å². The van der Waals surface area contributed by atoms with Crippen molar-refractivity contribution in [3.8, 4) is 28.7 Å². The van der Waals surface area contributed by atoms with Gasteiger partial charge in [0.25, 0.3) is 0 Å². The Labute approximate surface area is 276 Å². The molecule has 2 aromatic carbocycles. The smallest absolute Gasteiger partial charge is 0.315 e. The molecular weight excluding hydrogens is 606 g/mol. The van der Waals surface area contributed by atoms with Gasteiger partial charge in [-0.15, -0.1) is 0 Å². The molecule has 5 rings (SSSR count). The summed E-state index contributed by atoms with van der Waals surface area (Å²) in [4.78, 5) is 26.5. The largest absolute Gasteiger partial charge is 0.502 e. The fourth-order valence-corrected chi connectivity index (χ4v) is 6.75. The van der Waals surface area contributed by atoms with Crippen molar-refractivity contribution >= 4 is 12.0 Å². The summed E-state index contributed by atoms with van der Waals surface area (Å²) in [5.41, 5.74) is 7.83. The number of esters is 1. The van der Waals surface area contributed by atoms with E-state index in [4.69, 9.17) is 29.4 Å². The second kappa shape index (κ2) is 16.8. The van der Waals surface area contributed by atoms with Crippen LogP contribution in [0.4, 0.5) is 4.79 Å². The average molecular weight is 656 g/mol. The maximum absolute atomic E-state index is 13.3. The van der Waals surface area contributed by atoms with Crippen LogP contribution in [0.15, 0.2) is 24.3 Å². The highest BCUT2D eigenvalue weighted by molar-refractivity contribution is 5.80. The first-order valence-electron chi connectivity index (χ1n) is 16.7. The summed E-state index contributed by atoms with van der Waals surface area (Å²) in [5.74, 6) is -0.332.